The van der Waals surface area contributed by atoms with Crippen molar-refractivity contribution in [2.24, 2.45) is 5.92 Å². The SMILES string of the molecule is O=C(NC(=S)Nc1ccc(N2CCOCC2)c(S(=O)(=O)Nc2cc(Cl)ccc2Cl)c1)C1CCCC1. The number of ether oxygens (including phenoxy) is 1. The molecule has 12 heteroatoms. The third-order valence-corrected chi connectivity index (χ3v) is 8.16. The van der Waals surface area contributed by atoms with Crippen LogP contribution in [0.25, 0.3) is 0 Å². The summed E-state index contributed by atoms with van der Waals surface area (Å²) in [7, 11) is -4.07. The van der Waals surface area contributed by atoms with Crippen LogP contribution in [-0.4, -0.2) is 45.7 Å². The molecule has 0 unspecified atom stereocenters. The van der Waals surface area contributed by atoms with Gasteiger partial charge in [-0.1, -0.05) is 36.0 Å². The summed E-state index contributed by atoms with van der Waals surface area (Å²) >= 11 is 17.6. The van der Waals surface area contributed by atoms with Gasteiger partial charge in [-0.2, -0.15) is 0 Å². The minimum absolute atomic E-state index is 0.0327. The molecule has 8 nitrogen and oxygen atoms in total. The van der Waals surface area contributed by atoms with E-state index in [0.717, 1.165) is 25.7 Å². The highest BCUT2D eigenvalue weighted by molar-refractivity contribution is 7.93. The molecule has 2 aromatic carbocycles. The van der Waals surface area contributed by atoms with Crippen molar-refractivity contribution in [3.63, 3.8) is 0 Å². The van der Waals surface area contributed by atoms with E-state index in [0.29, 0.717) is 42.7 Å². The molecule has 0 atom stereocenters. The van der Waals surface area contributed by atoms with Crippen molar-refractivity contribution in [3.8, 4) is 0 Å². The van der Waals surface area contributed by atoms with Crippen LogP contribution in [-0.2, 0) is 19.6 Å². The number of anilines is 3. The fourth-order valence-corrected chi connectivity index (χ4v) is 6.15. The van der Waals surface area contributed by atoms with Gasteiger partial charge in [0.25, 0.3) is 10.0 Å². The molecular formula is C23H26Cl2N4O4S2. The second kappa shape index (κ2) is 11.3. The number of halogens is 2. The lowest BCUT2D eigenvalue weighted by Gasteiger charge is -2.30. The first-order chi connectivity index (χ1) is 16.7. The first-order valence-corrected chi connectivity index (χ1v) is 13.9. The molecule has 188 valence electrons. The first kappa shape index (κ1) is 26.0. The number of carbonyl (C=O) groups excluding carboxylic acids is 1. The highest BCUT2D eigenvalue weighted by Crippen LogP contribution is 2.33. The Kier molecular flexibility index (Phi) is 8.38. The second-order valence-electron chi connectivity index (χ2n) is 8.44. The predicted octanol–water partition coefficient (Wildman–Crippen LogP) is 4.63. The Hall–Kier alpha value is -2.11. The summed E-state index contributed by atoms with van der Waals surface area (Å²) in [6.45, 7) is 2.07. The van der Waals surface area contributed by atoms with Crippen LogP contribution in [0.15, 0.2) is 41.3 Å². The van der Waals surface area contributed by atoms with Crippen molar-refractivity contribution in [2.75, 3.05) is 41.2 Å². The van der Waals surface area contributed by atoms with Crippen molar-refractivity contribution in [3.05, 3.63) is 46.4 Å². The number of hydrogen-bond acceptors (Lipinski definition) is 6. The summed E-state index contributed by atoms with van der Waals surface area (Å²) in [6.07, 6.45) is 3.77. The number of nitrogens with zero attached hydrogens (tertiary/aromatic N) is 1. The van der Waals surface area contributed by atoms with Gasteiger partial charge in [-0.3, -0.25) is 9.52 Å². The van der Waals surface area contributed by atoms with Gasteiger partial charge >= 0.3 is 0 Å². The molecule has 1 heterocycles. The predicted molar refractivity (Wildman–Crippen MR) is 143 cm³/mol. The topological polar surface area (TPSA) is 99.8 Å². The van der Waals surface area contributed by atoms with E-state index < -0.39 is 10.0 Å². The number of carbonyl (C=O) groups is 1. The van der Waals surface area contributed by atoms with E-state index in [4.69, 9.17) is 40.2 Å². The van der Waals surface area contributed by atoms with Gasteiger partial charge in [0, 0.05) is 29.7 Å². The highest BCUT2D eigenvalue weighted by Gasteiger charge is 2.26. The van der Waals surface area contributed by atoms with Gasteiger partial charge in [-0.25, -0.2) is 8.42 Å². The Morgan fingerprint density at radius 3 is 2.49 bits per heavy atom. The van der Waals surface area contributed by atoms with E-state index in [-0.39, 0.29) is 32.5 Å². The molecule has 1 aliphatic heterocycles. The van der Waals surface area contributed by atoms with Crippen LogP contribution in [0.2, 0.25) is 10.0 Å². The number of amides is 1. The summed E-state index contributed by atoms with van der Waals surface area (Å²) in [6, 6.07) is 9.47. The van der Waals surface area contributed by atoms with Gasteiger partial charge in [0.1, 0.15) is 4.90 Å². The number of rotatable bonds is 6. The van der Waals surface area contributed by atoms with Gasteiger partial charge in [0.05, 0.1) is 29.6 Å². The quantitative estimate of drug-likeness (QED) is 0.446. The Labute approximate surface area is 220 Å². The number of hydrogen-bond donors (Lipinski definition) is 3. The Bertz CT molecular complexity index is 1210. The minimum Gasteiger partial charge on any atom is -0.378 e. The summed E-state index contributed by atoms with van der Waals surface area (Å²) < 4.78 is 35.0. The van der Waals surface area contributed by atoms with Crippen molar-refractivity contribution in [1.82, 2.24) is 5.32 Å². The number of nitrogens with one attached hydrogen (secondary N) is 3. The van der Waals surface area contributed by atoms with E-state index in [1.807, 2.05) is 4.90 Å². The lowest BCUT2D eigenvalue weighted by molar-refractivity contribution is -0.123. The normalized spacial score (nSPS) is 16.7. The third kappa shape index (κ3) is 6.56. The number of morpholine rings is 1. The molecule has 35 heavy (non-hydrogen) atoms. The van der Waals surface area contributed by atoms with Crippen LogP contribution in [0.4, 0.5) is 17.1 Å². The molecule has 0 bridgehead atoms. The minimum atomic E-state index is -4.07. The first-order valence-electron chi connectivity index (χ1n) is 11.3. The van der Waals surface area contributed by atoms with E-state index >= 15 is 0 Å². The molecule has 3 N–H and O–H groups in total. The maximum Gasteiger partial charge on any atom is 0.264 e. The largest absolute Gasteiger partial charge is 0.378 e. The third-order valence-electron chi connectivity index (χ3n) is 5.99. The second-order valence-corrected chi connectivity index (χ2v) is 11.3. The molecule has 0 spiro atoms. The number of thiocarbonyl (C=S) groups is 1. The van der Waals surface area contributed by atoms with Gasteiger partial charge in [-0.15, -0.1) is 0 Å². The number of sulfonamides is 1. The molecule has 0 radical (unpaired) electrons. The standard InChI is InChI=1S/C23H26Cl2N4O4S2/c24-16-5-7-18(25)19(13-16)28-35(31,32)21-14-17(6-8-20(21)29-9-11-33-12-10-29)26-23(34)27-22(30)15-3-1-2-4-15/h5-8,13-15,28H,1-4,9-12H2,(H2,26,27,30,34). The Morgan fingerprint density at radius 2 is 1.77 bits per heavy atom. The van der Waals surface area contributed by atoms with Crippen LogP contribution < -0.4 is 20.3 Å². The average Bonchev–Trinajstić information content (AvgIpc) is 3.37. The van der Waals surface area contributed by atoms with E-state index in [2.05, 4.69) is 15.4 Å². The molecule has 2 fully saturated rings. The van der Waals surface area contributed by atoms with Gasteiger partial charge in [-0.05, 0) is 61.5 Å². The fraction of sp³-hybridized carbons (Fsp3) is 0.391. The van der Waals surface area contributed by atoms with Gasteiger partial charge in [0.2, 0.25) is 5.91 Å². The molecule has 2 aromatic rings. The molecule has 1 amide bonds. The monoisotopic (exact) mass is 556 g/mol. The summed E-state index contributed by atoms with van der Waals surface area (Å²) in [5, 5.41) is 6.34. The molecule has 1 saturated heterocycles. The van der Waals surface area contributed by atoms with Crippen molar-refractivity contribution >= 4 is 73.5 Å². The average molecular weight is 558 g/mol. The van der Waals surface area contributed by atoms with Gasteiger partial charge in [0.15, 0.2) is 5.11 Å². The lowest BCUT2D eigenvalue weighted by atomic mass is 10.1. The van der Waals surface area contributed by atoms with Crippen molar-refractivity contribution in [2.45, 2.75) is 30.6 Å². The lowest BCUT2D eigenvalue weighted by Crippen LogP contribution is -2.38. The van der Waals surface area contributed by atoms with Crippen LogP contribution >= 0.6 is 35.4 Å². The van der Waals surface area contributed by atoms with Crippen LogP contribution in [0.5, 0.6) is 0 Å². The summed E-state index contributed by atoms with van der Waals surface area (Å²) in [5.41, 5.74) is 1.12. The van der Waals surface area contributed by atoms with Crippen molar-refractivity contribution in [1.29, 1.82) is 0 Å². The highest BCUT2D eigenvalue weighted by atomic mass is 35.5. The fourth-order valence-electron chi connectivity index (χ4n) is 4.21. The zero-order chi connectivity index (χ0) is 25.0. The van der Waals surface area contributed by atoms with Crippen LogP contribution in [0.1, 0.15) is 25.7 Å². The maximum atomic E-state index is 13.5. The summed E-state index contributed by atoms with van der Waals surface area (Å²) in [4.78, 5) is 14.4. The van der Waals surface area contributed by atoms with Crippen molar-refractivity contribution < 1.29 is 17.9 Å². The smallest absolute Gasteiger partial charge is 0.264 e. The maximum absolute atomic E-state index is 13.5. The van der Waals surface area contributed by atoms with E-state index in [1.54, 1.807) is 18.2 Å². The summed E-state index contributed by atoms with van der Waals surface area (Å²) in [5.74, 6) is -0.156. The zero-order valence-corrected chi connectivity index (χ0v) is 22.0. The molecule has 4 rings (SSSR count). The Balaban J connectivity index is 1.61. The van der Waals surface area contributed by atoms with E-state index in [1.165, 1.54) is 18.2 Å². The molecule has 1 saturated carbocycles. The Morgan fingerprint density at radius 1 is 1.06 bits per heavy atom. The molecule has 1 aliphatic carbocycles. The zero-order valence-electron chi connectivity index (χ0n) is 18.9. The molecular weight excluding hydrogens is 531 g/mol. The molecule has 0 aromatic heterocycles. The number of benzene rings is 2. The molecule has 2 aliphatic rings. The van der Waals surface area contributed by atoms with E-state index in [9.17, 15) is 13.2 Å². The van der Waals surface area contributed by atoms with Crippen LogP contribution in [0, 0.1) is 5.92 Å². The van der Waals surface area contributed by atoms with Gasteiger partial charge < -0.3 is 20.3 Å². The van der Waals surface area contributed by atoms with Crippen LogP contribution in [0.3, 0.4) is 0 Å².